The van der Waals surface area contributed by atoms with Gasteiger partial charge in [0.25, 0.3) is 0 Å². The van der Waals surface area contributed by atoms with Crippen LogP contribution >= 0.6 is 24.0 Å². The second-order valence-corrected chi connectivity index (χ2v) is 5.84. The summed E-state index contributed by atoms with van der Waals surface area (Å²) in [6.07, 6.45) is 0.347. The van der Waals surface area contributed by atoms with E-state index in [-0.39, 0.29) is 29.9 Å². The third-order valence-electron chi connectivity index (χ3n) is 3.85. The lowest BCUT2D eigenvalue weighted by atomic mass is 10.3. The molecule has 0 bridgehead atoms. The zero-order chi connectivity index (χ0) is 17.9. The summed E-state index contributed by atoms with van der Waals surface area (Å²) in [7, 11) is 1.72. The molecule has 2 rings (SSSR count). The minimum Gasteiger partial charge on any atom is -0.379 e. The molecule has 2 heterocycles. The van der Waals surface area contributed by atoms with Gasteiger partial charge in [-0.05, 0) is 19.1 Å². The fraction of sp³-hybridized carbons (Fsp3) is 0.588. The number of anilines is 1. The van der Waals surface area contributed by atoms with Crippen LogP contribution in [0.15, 0.2) is 23.2 Å². The summed E-state index contributed by atoms with van der Waals surface area (Å²) in [6.45, 7) is 7.71. The van der Waals surface area contributed by atoms with Crippen molar-refractivity contribution in [3.05, 3.63) is 23.9 Å². The largest absolute Gasteiger partial charge is 0.379 e. The van der Waals surface area contributed by atoms with Crippen molar-refractivity contribution in [2.75, 3.05) is 58.3 Å². The molecule has 1 fully saturated rings. The Morgan fingerprint density at radius 3 is 2.69 bits per heavy atom. The van der Waals surface area contributed by atoms with E-state index in [9.17, 15) is 4.79 Å². The molecular weight excluding hydrogens is 447 g/mol. The molecule has 0 aliphatic carbocycles. The third kappa shape index (κ3) is 8.77. The van der Waals surface area contributed by atoms with Crippen LogP contribution in [0.4, 0.5) is 5.82 Å². The zero-order valence-corrected chi connectivity index (χ0v) is 17.8. The summed E-state index contributed by atoms with van der Waals surface area (Å²) in [6, 6.07) is 5.55. The highest BCUT2D eigenvalue weighted by molar-refractivity contribution is 14.0. The fourth-order valence-corrected chi connectivity index (χ4v) is 2.49. The minimum atomic E-state index is -0.0747. The molecule has 3 N–H and O–H groups in total. The van der Waals surface area contributed by atoms with Gasteiger partial charge in [0.1, 0.15) is 5.82 Å². The first-order valence-electron chi connectivity index (χ1n) is 8.65. The van der Waals surface area contributed by atoms with Crippen molar-refractivity contribution in [3.8, 4) is 0 Å². The number of morpholine rings is 1. The van der Waals surface area contributed by atoms with E-state index >= 15 is 0 Å². The van der Waals surface area contributed by atoms with Crippen LogP contribution in [0.1, 0.15) is 12.1 Å². The monoisotopic (exact) mass is 476 g/mol. The quantitative estimate of drug-likeness (QED) is 0.307. The van der Waals surface area contributed by atoms with Crippen molar-refractivity contribution in [1.82, 2.24) is 20.5 Å². The van der Waals surface area contributed by atoms with E-state index in [0.29, 0.717) is 24.7 Å². The molecule has 1 saturated heterocycles. The molecule has 0 aromatic carbocycles. The van der Waals surface area contributed by atoms with E-state index in [4.69, 9.17) is 4.74 Å². The number of pyridine rings is 1. The number of carbonyl (C=O) groups excluding carboxylic acids is 1. The van der Waals surface area contributed by atoms with Gasteiger partial charge in [-0.15, -0.1) is 24.0 Å². The highest BCUT2D eigenvalue weighted by Gasteiger charge is 2.10. The Bertz CT molecular complexity index is 578. The van der Waals surface area contributed by atoms with E-state index in [1.165, 1.54) is 0 Å². The number of guanidine groups is 1. The molecular formula is C17H29IN6O2. The number of nitrogens with zero attached hydrogens (tertiary/aromatic N) is 3. The molecule has 0 radical (unpaired) electrons. The molecule has 1 aliphatic heterocycles. The Hall–Kier alpha value is -1.46. The maximum atomic E-state index is 11.9. The highest BCUT2D eigenvalue weighted by Crippen LogP contribution is 2.03. The van der Waals surface area contributed by atoms with Crippen molar-refractivity contribution >= 4 is 41.7 Å². The van der Waals surface area contributed by atoms with Crippen LogP contribution in [0.5, 0.6) is 0 Å². The van der Waals surface area contributed by atoms with Gasteiger partial charge in [-0.25, -0.2) is 4.98 Å². The minimum absolute atomic E-state index is 0. The molecule has 1 amide bonds. The summed E-state index contributed by atoms with van der Waals surface area (Å²) in [4.78, 5) is 22.7. The van der Waals surface area contributed by atoms with E-state index in [1.807, 2.05) is 19.1 Å². The molecule has 8 nitrogen and oxygen atoms in total. The van der Waals surface area contributed by atoms with Crippen molar-refractivity contribution in [2.24, 2.45) is 4.99 Å². The molecule has 1 aliphatic rings. The molecule has 26 heavy (non-hydrogen) atoms. The zero-order valence-electron chi connectivity index (χ0n) is 15.5. The SMILES string of the molecule is CN=C(NCCC(=O)Nc1cccc(C)n1)NCCN1CCOCC1.I. The predicted octanol–water partition coefficient (Wildman–Crippen LogP) is 0.834. The van der Waals surface area contributed by atoms with Crippen molar-refractivity contribution in [3.63, 3.8) is 0 Å². The Morgan fingerprint density at radius 2 is 2.00 bits per heavy atom. The molecule has 0 unspecified atom stereocenters. The first-order chi connectivity index (χ1) is 12.2. The van der Waals surface area contributed by atoms with E-state index in [2.05, 4.69) is 30.8 Å². The maximum Gasteiger partial charge on any atom is 0.227 e. The van der Waals surface area contributed by atoms with Crippen LogP contribution in [0, 0.1) is 6.92 Å². The number of amides is 1. The number of carbonyl (C=O) groups is 1. The Kier molecular flexibility index (Phi) is 11.1. The summed E-state index contributed by atoms with van der Waals surface area (Å²) >= 11 is 0. The van der Waals surface area contributed by atoms with Gasteiger partial charge in [0, 0.05) is 51.9 Å². The second kappa shape index (κ2) is 12.8. The Balaban J connectivity index is 0.00000338. The van der Waals surface area contributed by atoms with Gasteiger partial charge in [0.15, 0.2) is 5.96 Å². The van der Waals surface area contributed by atoms with Gasteiger partial charge in [0.2, 0.25) is 5.91 Å². The van der Waals surface area contributed by atoms with Gasteiger partial charge in [-0.1, -0.05) is 6.07 Å². The average molecular weight is 476 g/mol. The van der Waals surface area contributed by atoms with Crippen LogP contribution in [0.2, 0.25) is 0 Å². The lowest BCUT2D eigenvalue weighted by Crippen LogP contribution is -2.44. The van der Waals surface area contributed by atoms with Crippen LogP contribution in [0.25, 0.3) is 0 Å². The molecule has 146 valence electrons. The van der Waals surface area contributed by atoms with Gasteiger partial charge in [-0.2, -0.15) is 0 Å². The molecule has 0 saturated carbocycles. The average Bonchev–Trinajstić information content (AvgIpc) is 2.61. The van der Waals surface area contributed by atoms with Crippen molar-refractivity contribution < 1.29 is 9.53 Å². The number of aromatic nitrogens is 1. The number of aryl methyl sites for hydroxylation is 1. The highest BCUT2D eigenvalue weighted by atomic mass is 127. The molecule has 1 aromatic heterocycles. The lowest BCUT2D eigenvalue weighted by molar-refractivity contribution is -0.116. The van der Waals surface area contributed by atoms with Crippen molar-refractivity contribution in [1.29, 1.82) is 0 Å². The molecule has 1 aromatic rings. The van der Waals surface area contributed by atoms with Gasteiger partial charge in [0.05, 0.1) is 13.2 Å². The standard InChI is InChI=1S/C17H28N6O2.HI/c1-14-4-3-5-15(21-14)22-16(24)6-7-19-17(18-2)20-8-9-23-10-12-25-13-11-23;/h3-5H,6-13H2,1-2H3,(H2,18,19,20)(H,21,22,24);1H. The predicted molar refractivity (Wildman–Crippen MR) is 114 cm³/mol. The van der Waals surface area contributed by atoms with Gasteiger partial charge < -0.3 is 20.7 Å². The summed E-state index contributed by atoms with van der Waals surface area (Å²) in [5, 5.41) is 9.20. The van der Waals surface area contributed by atoms with Gasteiger partial charge >= 0.3 is 0 Å². The summed E-state index contributed by atoms with van der Waals surface area (Å²) in [5.41, 5.74) is 0.876. The van der Waals surface area contributed by atoms with Crippen LogP contribution in [-0.4, -0.2) is 74.7 Å². The normalized spacial score (nSPS) is 15.1. The van der Waals surface area contributed by atoms with Crippen LogP contribution in [0.3, 0.4) is 0 Å². The first-order valence-corrected chi connectivity index (χ1v) is 8.65. The summed E-state index contributed by atoms with van der Waals surface area (Å²) in [5.74, 6) is 1.21. The fourth-order valence-electron chi connectivity index (χ4n) is 2.49. The first kappa shape index (κ1) is 22.6. The Morgan fingerprint density at radius 1 is 1.27 bits per heavy atom. The summed E-state index contributed by atoms with van der Waals surface area (Å²) < 4.78 is 5.33. The van der Waals surface area contributed by atoms with Gasteiger partial charge in [-0.3, -0.25) is 14.7 Å². The lowest BCUT2D eigenvalue weighted by Gasteiger charge is -2.26. The van der Waals surface area contributed by atoms with Crippen LogP contribution in [-0.2, 0) is 9.53 Å². The second-order valence-electron chi connectivity index (χ2n) is 5.84. The third-order valence-corrected chi connectivity index (χ3v) is 3.85. The van der Waals surface area contributed by atoms with Crippen molar-refractivity contribution in [2.45, 2.75) is 13.3 Å². The molecule has 9 heteroatoms. The number of aliphatic imine (C=N–C) groups is 1. The number of rotatable bonds is 7. The topological polar surface area (TPSA) is 90.9 Å². The number of hydrogen-bond acceptors (Lipinski definition) is 5. The Labute approximate surface area is 172 Å². The molecule has 0 atom stereocenters. The van der Waals surface area contributed by atoms with Crippen LogP contribution < -0.4 is 16.0 Å². The maximum absolute atomic E-state index is 11.9. The number of halogens is 1. The van der Waals surface area contributed by atoms with E-state index < -0.39 is 0 Å². The van der Waals surface area contributed by atoms with E-state index in [0.717, 1.165) is 45.1 Å². The number of hydrogen-bond donors (Lipinski definition) is 3. The molecule has 0 spiro atoms. The number of ether oxygens (including phenoxy) is 1. The smallest absolute Gasteiger partial charge is 0.227 e. The van der Waals surface area contributed by atoms with E-state index in [1.54, 1.807) is 13.1 Å². The number of nitrogens with one attached hydrogen (secondary N) is 3.